The first-order valence-corrected chi connectivity index (χ1v) is 7.41. The summed E-state index contributed by atoms with van der Waals surface area (Å²) in [6.45, 7) is 0.746. The topological polar surface area (TPSA) is 59.0 Å². The van der Waals surface area contributed by atoms with Crippen molar-refractivity contribution in [2.45, 2.75) is 31.7 Å². The molecule has 1 aromatic carbocycles. The highest BCUT2D eigenvalue weighted by Crippen LogP contribution is 2.25. The van der Waals surface area contributed by atoms with E-state index in [0.29, 0.717) is 24.8 Å². The molecule has 1 saturated carbocycles. The van der Waals surface area contributed by atoms with Gasteiger partial charge in [-0.1, -0.05) is 0 Å². The van der Waals surface area contributed by atoms with Crippen molar-refractivity contribution < 1.29 is 19.4 Å². The van der Waals surface area contributed by atoms with Crippen LogP contribution in [0.4, 0.5) is 0 Å². The first kappa shape index (κ1) is 15.6. The number of hydrogen-bond acceptors (Lipinski definition) is 4. The lowest BCUT2D eigenvalue weighted by Gasteiger charge is -2.37. The van der Waals surface area contributed by atoms with E-state index in [0.717, 1.165) is 18.6 Å². The smallest absolute Gasteiger partial charge is 0.260 e. The normalized spacial score (nSPS) is 14.4. The van der Waals surface area contributed by atoms with Gasteiger partial charge in [-0.25, -0.2) is 0 Å². The lowest BCUT2D eigenvalue weighted by atomic mass is 9.91. The number of carbonyl (C=O) groups excluding carboxylic acids is 1. The minimum absolute atomic E-state index is 0.0102. The second-order valence-electron chi connectivity index (χ2n) is 5.21. The minimum atomic E-state index is -0.0102. The Morgan fingerprint density at radius 2 is 1.95 bits per heavy atom. The molecule has 5 nitrogen and oxygen atoms in total. The van der Waals surface area contributed by atoms with Gasteiger partial charge in [-0.05, 0) is 49.9 Å². The Kier molecular flexibility index (Phi) is 5.87. The van der Waals surface area contributed by atoms with Crippen LogP contribution in [0, 0.1) is 0 Å². The monoisotopic (exact) mass is 293 g/mol. The van der Waals surface area contributed by atoms with Gasteiger partial charge >= 0.3 is 0 Å². The number of ether oxygens (including phenoxy) is 2. The molecule has 0 atom stereocenters. The molecular formula is C16H23NO4. The summed E-state index contributed by atoms with van der Waals surface area (Å²) in [6.07, 6.45) is 3.90. The molecular weight excluding hydrogens is 270 g/mol. The first-order chi connectivity index (χ1) is 10.2. The van der Waals surface area contributed by atoms with Gasteiger partial charge in [-0.2, -0.15) is 0 Å². The van der Waals surface area contributed by atoms with Gasteiger partial charge in [0.05, 0.1) is 7.11 Å². The zero-order valence-corrected chi connectivity index (χ0v) is 12.5. The van der Waals surface area contributed by atoms with Crippen molar-refractivity contribution in [3.63, 3.8) is 0 Å². The maximum atomic E-state index is 12.3. The zero-order chi connectivity index (χ0) is 15.1. The lowest BCUT2D eigenvalue weighted by molar-refractivity contribution is -0.137. The van der Waals surface area contributed by atoms with Gasteiger partial charge in [0.2, 0.25) is 0 Å². The molecule has 2 rings (SSSR count). The molecule has 116 valence electrons. The fourth-order valence-electron chi connectivity index (χ4n) is 2.35. The molecule has 0 radical (unpaired) electrons. The lowest BCUT2D eigenvalue weighted by Crippen LogP contribution is -2.46. The van der Waals surface area contributed by atoms with Crippen LogP contribution in [0.5, 0.6) is 11.5 Å². The Morgan fingerprint density at radius 3 is 2.48 bits per heavy atom. The van der Waals surface area contributed by atoms with Gasteiger partial charge in [-0.15, -0.1) is 0 Å². The molecule has 0 unspecified atom stereocenters. The number of carbonyl (C=O) groups is 1. The summed E-state index contributed by atoms with van der Waals surface area (Å²) >= 11 is 0. The van der Waals surface area contributed by atoms with E-state index in [9.17, 15) is 4.79 Å². The highest BCUT2D eigenvalue weighted by Gasteiger charge is 2.28. The Hall–Kier alpha value is -1.75. The van der Waals surface area contributed by atoms with Crippen molar-refractivity contribution in [2.75, 3.05) is 26.9 Å². The SMILES string of the molecule is COc1ccc(OCC(=O)N(CCCO)C2CCC2)cc1. The van der Waals surface area contributed by atoms with Crippen molar-refractivity contribution >= 4 is 5.91 Å². The van der Waals surface area contributed by atoms with Gasteiger partial charge in [0, 0.05) is 19.2 Å². The summed E-state index contributed by atoms with van der Waals surface area (Å²) in [6, 6.07) is 7.49. The quantitative estimate of drug-likeness (QED) is 0.794. The number of amides is 1. The summed E-state index contributed by atoms with van der Waals surface area (Å²) in [5.74, 6) is 1.40. The highest BCUT2D eigenvalue weighted by molar-refractivity contribution is 5.78. The number of aliphatic hydroxyl groups is 1. The number of rotatable bonds is 8. The predicted octanol–water partition coefficient (Wildman–Crippen LogP) is 1.84. The fraction of sp³-hybridized carbons (Fsp3) is 0.562. The van der Waals surface area contributed by atoms with Crippen LogP contribution in [-0.4, -0.2) is 48.8 Å². The van der Waals surface area contributed by atoms with Crippen LogP contribution in [-0.2, 0) is 4.79 Å². The van der Waals surface area contributed by atoms with Gasteiger partial charge in [-0.3, -0.25) is 4.79 Å². The molecule has 1 aromatic rings. The van der Waals surface area contributed by atoms with Crippen molar-refractivity contribution in [1.82, 2.24) is 4.90 Å². The largest absolute Gasteiger partial charge is 0.497 e. The van der Waals surface area contributed by atoms with E-state index < -0.39 is 0 Å². The molecule has 21 heavy (non-hydrogen) atoms. The van der Waals surface area contributed by atoms with Gasteiger partial charge in [0.25, 0.3) is 5.91 Å². The molecule has 0 bridgehead atoms. The Bertz CT molecular complexity index is 442. The van der Waals surface area contributed by atoms with E-state index in [2.05, 4.69) is 0 Å². The van der Waals surface area contributed by atoms with Crippen LogP contribution in [0.2, 0.25) is 0 Å². The molecule has 1 N–H and O–H groups in total. The molecule has 1 aliphatic rings. The maximum absolute atomic E-state index is 12.3. The minimum Gasteiger partial charge on any atom is -0.497 e. The van der Waals surface area contributed by atoms with Crippen LogP contribution in [0.3, 0.4) is 0 Å². The number of methoxy groups -OCH3 is 1. The number of benzene rings is 1. The number of hydrogen-bond donors (Lipinski definition) is 1. The molecule has 1 amide bonds. The molecule has 0 spiro atoms. The van der Waals surface area contributed by atoms with Gasteiger partial charge < -0.3 is 19.5 Å². The van der Waals surface area contributed by atoms with E-state index in [4.69, 9.17) is 14.6 Å². The molecule has 1 fully saturated rings. The average Bonchev–Trinajstić information content (AvgIpc) is 2.47. The maximum Gasteiger partial charge on any atom is 0.260 e. The summed E-state index contributed by atoms with van der Waals surface area (Å²) in [5, 5.41) is 8.95. The number of nitrogens with zero attached hydrogens (tertiary/aromatic N) is 1. The molecule has 5 heteroatoms. The summed E-state index contributed by atoms with van der Waals surface area (Å²) in [4.78, 5) is 14.1. The van der Waals surface area contributed by atoms with E-state index in [1.165, 1.54) is 6.42 Å². The van der Waals surface area contributed by atoms with Crippen LogP contribution >= 0.6 is 0 Å². The van der Waals surface area contributed by atoms with E-state index in [-0.39, 0.29) is 19.1 Å². The molecule has 0 saturated heterocycles. The Morgan fingerprint density at radius 1 is 1.29 bits per heavy atom. The summed E-state index contributed by atoms with van der Waals surface area (Å²) in [7, 11) is 1.61. The summed E-state index contributed by atoms with van der Waals surface area (Å²) < 4.78 is 10.6. The molecule has 0 heterocycles. The third kappa shape index (κ3) is 4.36. The Labute approximate surface area is 125 Å². The van der Waals surface area contributed by atoms with E-state index >= 15 is 0 Å². The Balaban J connectivity index is 1.85. The average molecular weight is 293 g/mol. The summed E-state index contributed by atoms with van der Waals surface area (Å²) in [5.41, 5.74) is 0. The van der Waals surface area contributed by atoms with Crippen LogP contribution < -0.4 is 9.47 Å². The third-order valence-corrected chi connectivity index (χ3v) is 3.81. The molecule has 0 aromatic heterocycles. The van der Waals surface area contributed by atoms with Crippen LogP contribution in [0.25, 0.3) is 0 Å². The van der Waals surface area contributed by atoms with Gasteiger partial charge in [0.15, 0.2) is 6.61 Å². The predicted molar refractivity (Wildman–Crippen MR) is 79.5 cm³/mol. The van der Waals surface area contributed by atoms with E-state index in [1.54, 1.807) is 31.4 Å². The van der Waals surface area contributed by atoms with Crippen LogP contribution in [0.1, 0.15) is 25.7 Å². The molecule has 1 aliphatic carbocycles. The fourth-order valence-corrected chi connectivity index (χ4v) is 2.35. The van der Waals surface area contributed by atoms with Crippen molar-refractivity contribution in [3.8, 4) is 11.5 Å². The molecule has 0 aliphatic heterocycles. The van der Waals surface area contributed by atoms with E-state index in [1.807, 2.05) is 4.90 Å². The second-order valence-corrected chi connectivity index (χ2v) is 5.21. The second kappa shape index (κ2) is 7.88. The highest BCUT2D eigenvalue weighted by atomic mass is 16.5. The third-order valence-electron chi connectivity index (χ3n) is 3.81. The van der Waals surface area contributed by atoms with Crippen molar-refractivity contribution in [3.05, 3.63) is 24.3 Å². The standard InChI is InChI=1S/C16H23NO4/c1-20-14-6-8-15(9-7-14)21-12-16(19)17(10-3-11-18)13-4-2-5-13/h6-9,13,18H,2-5,10-12H2,1H3. The van der Waals surface area contributed by atoms with Gasteiger partial charge in [0.1, 0.15) is 11.5 Å². The van der Waals surface area contributed by atoms with Crippen molar-refractivity contribution in [2.24, 2.45) is 0 Å². The number of aliphatic hydroxyl groups excluding tert-OH is 1. The zero-order valence-electron chi connectivity index (χ0n) is 12.5. The first-order valence-electron chi connectivity index (χ1n) is 7.41. The van der Waals surface area contributed by atoms with Crippen LogP contribution in [0.15, 0.2) is 24.3 Å². The van der Waals surface area contributed by atoms with Crippen molar-refractivity contribution in [1.29, 1.82) is 0 Å².